The minimum atomic E-state index is 0.433. The van der Waals surface area contributed by atoms with Crippen LogP contribution in [0.5, 0.6) is 0 Å². The maximum atomic E-state index is 5.65. The fraction of sp³-hybridized carbons (Fsp3) is 0.538. The SMILES string of the molecule is CC[C@@H]1CN(Cc2ccccc2)CCO1. The summed E-state index contributed by atoms with van der Waals surface area (Å²) in [5.74, 6) is 0. The molecule has 1 aromatic rings. The number of benzene rings is 1. The van der Waals surface area contributed by atoms with Crippen molar-refractivity contribution in [2.75, 3.05) is 19.7 Å². The molecule has 1 aromatic carbocycles. The van der Waals surface area contributed by atoms with Crippen molar-refractivity contribution in [3.63, 3.8) is 0 Å². The summed E-state index contributed by atoms with van der Waals surface area (Å²) in [5, 5.41) is 0. The highest BCUT2D eigenvalue weighted by atomic mass is 16.5. The minimum Gasteiger partial charge on any atom is -0.376 e. The van der Waals surface area contributed by atoms with E-state index < -0.39 is 0 Å². The Bertz CT molecular complexity index is 286. The second kappa shape index (κ2) is 5.29. The molecule has 0 spiro atoms. The number of hydrogen-bond donors (Lipinski definition) is 0. The molecule has 0 N–H and O–H groups in total. The zero-order chi connectivity index (χ0) is 10.5. The monoisotopic (exact) mass is 205 g/mol. The average Bonchev–Trinajstić information content (AvgIpc) is 2.31. The van der Waals surface area contributed by atoms with Crippen LogP contribution in [-0.4, -0.2) is 30.7 Å². The number of ether oxygens (including phenoxy) is 1. The Hall–Kier alpha value is -0.860. The van der Waals surface area contributed by atoms with E-state index in [1.54, 1.807) is 0 Å². The van der Waals surface area contributed by atoms with E-state index in [4.69, 9.17) is 4.74 Å². The van der Waals surface area contributed by atoms with Gasteiger partial charge in [0.2, 0.25) is 0 Å². The first-order valence-corrected chi connectivity index (χ1v) is 5.76. The molecule has 1 heterocycles. The first-order valence-electron chi connectivity index (χ1n) is 5.76. The van der Waals surface area contributed by atoms with Gasteiger partial charge in [0.15, 0.2) is 0 Å². The second-order valence-corrected chi connectivity index (χ2v) is 4.12. The standard InChI is InChI=1S/C13H19NO/c1-2-13-11-14(8-9-15-13)10-12-6-4-3-5-7-12/h3-7,13H,2,8-11H2,1H3/t13-/m1/s1. The fourth-order valence-corrected chi connectivity index (χ4v) is 2.01. The van der Waals surface area contributed by atoms with E-state index in [9.17, 15) is 0 Å². The molecule has 1 saturated heterocycles. The molecule has 0 saturated carbocycles. The summed E-state index contributed by atoms with van der Waals surface area (Å²) >= 11 is 0. The van der Waals surface area contributed by atoms with Gasteiger partial charge < -0.3 is 4.74 Å². The van der Waals surface area contributed by atoms with Crippen molar-refractivity contribution in [1.29, 1.82) is 0 Å². The van der Waals surface area contributed by atoms with Gasteiger partial charge in [-0.25, -0.2) is 0 Å². The lowest BCUT2D eigenvalue weighted by Gasteiger charge is -2.32. The van der Waals surface area contributed by atoms with Crippen LogP contribution in [0.15, 0.2) is 30.3 Å². The Balaban J connectivity index is 1.89. The van der Waals surface area contributed by atoms with Crippen LogP contribution in [0.3, 0.4) is 0 Å². The summed E-state index contributed by atoms with van der Waals surface area (Å²) in [4.78, 5) is 2.48. The minimum absolute atomic E-state index is 0.433. The van der Waals surface area contributed by atoms with Gasteiger partial charge >= 0.3 is 0 Å². The van der Waals surface area contributed by atoms with E-state index in [-0.39, 0.29) is 0 Å². The van der Waals surface area contributed by atoms with E-state index >= 15 is 0 Å². The van der Waals surface area contributed by atoms with Gasteiger partial charge in [0.05, 0.1) is 12.7 Å². The number of rotatable bonds is 3. The Kier molecular flexibility index (Phi) is 3.75. The maximum absolute atomic E-state index is 5.65. The third-order valence-electron chi connectivity index (χ3n) is 2.93. The second-order valence-electron chi connectivity index (χ2n) is 4.12. The lowest BCUT2D eigenvalue weighted by atomic mass is 10.1. The summed E-state index contributed by atoms with van der Waals surface area (Å²) in [7, 11) is 0. The molecule has 82 valence electrons. The molecule has 0 radical (unpaired) electrons. The van der Waals surface area contributed by atoms with Gasteiger partial charge in [-0.3, -0.25) is 4.90 Å². The van der Waals surface area contributed by atoms with Gasteiger partial charge in [0.25, 0.3) is 0 Å². The number of morpholine rings is 1. The lowest BCUT2D eigenvalue weighted by Crippen LogP contribution is -2.41. The van der Waals surface area contributed by atoms with Gasteiger partial charge in [0.1, 0.15) is 0 Å². The van der Waals surface area contributed by atoms with Crippen molar-refractivity contribution < 1.29 is 4.74 Å². The van der Waals surface area contributed by atoms with E-state index in [1.807, 2.05) is 0 Å². The molecule has 2 rings (SSSR count). The Morgan fingerprint density at radius 2 is 2.13 bits per heavy atom. The summed E-state index contributed by atoms with van der Waals surface area (Å²) in [6, 6.07) is 10.7. The van der Waals surface area contributed by atoms with Crippen LogP contribution in [-0.2, 0) is 11.3 Å². The molecular weight excluding hydrogens is 186 g/mol. The average molecular weight is 205 g/mol. The van der Waals surface area contributed by atoms with Crippen LogP contribution in [0.4, 0.5) is 0 Å². The molecule has 0 aromatic heterocycles. The van der Waals surface area contributed by atoms with E-state index in [0.29, 0.717) is 6.10 Å². The molecule has 2 heteroatoms. The highest BCUT2D eigenvalue weighted by Crippen LogP contribution is 2.11. The molecule has 15 heavy (non-hydrogen) atoms. The smallest absolute Gasteiger partial charge is 0.0700 e. The van der Waals surface area contributed by atoms with Crippen LogP contribution in [0.1, 0.15) is 18.9 Å². The maximum Gasteiger partial charge on any atom is 0.0700 e. The van der Waals surface area contributed by atoms with Crippen LogP contribution >= 0.6 is 0 Å². The zero-order valence-corrected chi connectivity index (χ0v) is 9.36. The van der Waals surface area contributed by atoms with Crippen molar-refractivity contribution in [1.82, 2.24) is 4.90 Å². The lowest BCUT2D eigenvalue weighted by molar-refractivity contribution is -0.0324. The highest BCUT2D eigenvalue weighted by molar-refractivity contribution is 5.14. The number of hydrogen-bond acceptors (Lipinski definition) is 2. The Morgan fingerprint density at radius 1 is 1.33 bits per heavy atom. The van der Waals surface area contributed by atoms with Gasteiger partial charge in [-0.05, 0) is 12.0 Å². The van der Waals surface area contributed by atoms with E-state index in [0.717, 1.165) is 32.7 Å². The quantitative estimate of drug-likeness (QED) is 0.750. The van der Waals surface area contributed by atoms with E-state index in [2.05, 4.69) is 42.2 Å². The highest BCUT2D eigenvalue weighted by Gasteiger charge is 2.18. The molecule has 1 aliphatic rings. The topological polar surface area (TPSA) is 12.5 Å². The molecule has 1 fully saturated rings. The first-order chi connectivity index (χ1) is 7.38. The van der Waals surface area contributed by atoms with Crippen molar-refractivity contribution in [3.05, 3.63) is 35.9 Å². The predicted molar refractivity (Wildman–Crippen MR) is 61.8 cm³/mol. The van der Waals surface area contributed by atoms with Crippen molar-refractivity contribution >= 4 is 0 Å². The van der Waals surface area contributed by atoms with E-state index in [1.165, 1.54) is 5.56 Å². The largest absolute Gasteiger partial charge is 0.376 e. The fourth-order valence-electron chi connectivity index (χ4n) is 2.01. The van der Waals surface area contributed by atoms with Crippen LogP contribution < -0.4 is 0 Å². The molecule has 1 atom stereocenters. The molecule has 0 bridgehead atoms. The third kappa shape index (κ3) is 3.05. The van der Waals surface area contributed by atoms with Crippen molar-refractivity contribution in [3.8, 4) is 0 Å². The van der Waals surface area contributed by atoms with Crippen molar-refractivity contribution in [2.24, 2.45) is 0 Å². The van der Waals surface area contributed by atoms with Crippen molar-refractivity contribution in [2.45, 2.75) is 26.0 Å². The van der Waals surface area contributed by atoms with Gasteiger partial charge in [-0.2, -0.15) is 0 Å². The van der Waals surface area contributed by atoms with Crippen LogP contribution in [0.25, 0.3) is 0 Å². The summed E-state index contributed by atoms with van der Waals surface area (Å²) < 4.78 is 5.65. The normalized spacial score (nSPS) is 22.9. The van der Waals surface area contributed by atoms with Crippen LogP contribution in [0, 0.1) is 0 Å². The molecule has 0 unspecified atom stereocenters. The van der Waals surface area contributed by atoms with Gasteiger partial charge in [-0.1, -0.05) is 37.3 Å². The molecule has 0 aliphatic carbocycles. The molecular formula is C13H19NO. The summed E-state index contributed by atoms with van der Waals surface area (Å²) in [6.07, 6.45) is 1.55. The summed E-state index contributed by atoms with van der Waals surface area (Å²) in [5.41, 5.74) is 1.40. The predicted octanol–water partition coefficient (Wildman–Crippen LogP) is 2.30. The Morgan fingerprint density at radius 3 is 2.87 bits per heavy atom. The zero-order valence-electron chi connectivity index (χ0n) is 9.36. The molecule has 2 nitrogen and oxygen atoms in total. The van der Waals surface area contributed by atoms with Crippen LogP contribution in [0.2, 0.25) is 0 Å². The molecule has 0 amide bonds. The van der Waals surface area contributed by atoms with Gasteiger partial charge in [-0.15, -0.1) is 0 Å². The first kappa shape index (κ1) is 10.7. The summed E-state index contributed by atoms with van der Waals surface area (Å²) in [6.45, 7) is 6.26. The number of nitrogens with zero attached hydrogens (tertiary/aromatic N) is 1. The third-order valence-corrected chi connectivity index (χ3v) is 2.93. The Labute approximate surface area is 91.9 Å². The molecule has 1 aliphatic heterocycles. The van der Waals surface area contributed by atoms with Gasteiger partial charge in [0, 0.05) is 19.6 Å².